The van der Waals surface area contributed by atoms with Crippen LogP contribution in [0.2, 0.25) is 0 Å². The standard InChI is InChI=1S/C61H78N8O8/c1-10-36(3)54(66(8)59(73)56-45(19-24-76-56)39-15-13-12-14-16-39)57(71)63-50-27-38-25-41(28-44(70)26-38)40-17-18-51-47(29-40)49(32-61(5,6)35-77-60(74)53-46-30-42(46)34-69(64-53)58(50)72)55(68(51)11-2)48-31-43(33-62-52(48)37(4)75-9)67-22-20-65(7)21-23-67/h12-18,25-26,28-29,31,33,36-37,42,45-46,50,53-54,56,64,70H,10-11,19-24,27,30,32,34-35H2,1-9H3,(H,63,71)/t36-,37+,42?,45-,46+,50+,53+,54+,56-/m1/s1. The van der Waals surface area contributed by atoms with Gasteiger partial charge in [-0.25, -0.2) is 5.43 Å². The molecule has 4 fully saturated rings. The lowest BCUT2D eigenvalue weighted by atomic mass is 9.84. The Morgan fingerprint density at radius 2 is 1.77 bits per heavy atom. The van der Waals surface area contributed by atoms with Gasteiger partial charge in [0.15, 0.2) is 0 Å². The summed E-state index contributed by atoms with van der Waals surface area (Å²) in [7, 11) is 5.51. The summed E-state index contributed by atoms with van der Waals surface area (Å²) in [6, 6.07) is 21.0. The van der Waals surface area contributed by atoms with E-state index in [0.29, 0.717) is 44.5 Å². The van der Waals surface area contributed by atoms with E-state index in [0.717, 1.165) is 88.4 Å². The highest BCUT2D eigenvalue weighted by molar-refractivity contribution is 5.96. The van der Waals surface area contributed by atoms with Crippen LogP contribution in [0.3, 0.4) is 0 Å². The van der Waals surface area contributed by atoms with Crippen LogP contribution in [-0.4, -0.2) is 145 Å². The number of piperazine rings is 1. The lowest BCUT2D eigenvalue weighted by Gasteiger charge is -2.37. The van der Waals surface area contributed by atoms with E-state index in [1.54, 1.807) is 26.3 Å². The predicted molar refractivity (Wildman–Crippen MR) is 297 cm³/mol. The van der Waals surface area contributed by atoms with E-state index in [9.17, 15) is 14.7 Å². The first-order chi connectivity index (χ1) is 37.0. The molecule has 5 aromatic rings. The Labute approximate surface area is 453 Å². The second-order valence-corrected chi connectivity index (χ2v) is 23.3. The van der Waals surface area contributed by atoms with Crippen molar-refractivity contribution in [1.29, 1.82) is 0 Å². The lowest BCUT2D eigenvalue weighted by molar-refractivity contribution is -0.156. The van der Waals surface area contributed by atoms with Crippen molar-refractivity contribution in [2.24, 2.45) is 23.2 Å². The second kappa shape index (κ2) is 22.2. The molecule has 6 bridgehead atoms. The van der Waals surface area contributed by atoms with Gasteiger partial charge in [0, 0.05) is 94.3 Å². The van der Waals surface area contributed by atoms with Crippen LogP contribution in [0.25, 0.3) is 33.3 Å². The summed E-state index contributed by atoms with van der Waals surface area (Å²) in [6.07, 6.45) is 3.44. The topological polar surface area (TPSA) is 171 Å². The SMILES string of the molecule is CC[C@@H](C)[C@@H](C(=O)N[C@H]1Cc2cc(O)cc(c2)-c2ccc3c(c2)c(c(-c2cc(N4CCN(C)CC4)cnc2[C@H](C)OC)n3CC)CC(C)(C)COC(=O)[C@H]2NN(CC3C[C@@H]32)C1=O)N(C)C(=O)[C@@H]1OCC[C@@H]1c1ccccc1. The van der Waals surface area contributed by atoms with Gasteiger partial charge >= 0.3 is 5.97 Å². The van der Waals surface area contributed by atoms with E-state index in [1.165, 1.54) is 9.91 Å². The molecule has 5 aliphatic rings. The third-order valence-corrected chi connectivity index (χ3v) is 17.3. The fourth-order valence-electron chi connectivity index (χ4n) is 12.5. The van der Waals surface area contributed by atoms with Crippen LogP contribution in [0.15, 0.2) is 79.0 Å². The number of aryl methyl sites for hydroxylation is 1. The van der Waals surface area contributed by atoms with Crippen LogP contribution in [0.1, 0.15) is 95.2 Å². The molecule has 6 heterocycles. The number of rotatable bonds is 12. The smallest absolute Gasteiger partial charge is 0.325 e. The van der Waals surface area contributed by atoms with Gasteiger partial charge in [0.25, 0.3) is 11.8 Å². The third-order valence-electron chi connectivity index (χ3n) is 17.3. The molecule has 77 heavy (non-hydrogen) atoms. The van der Waals surface area contributed by atoms with Crippen molar-refractivity contribution in [2.45, 2.75) is 116 Å². The highest BCUT2D eigenvalue weighted by Crippen LogP contribution is 2.46. The Balaban J connectivity index is 1.06. The van der Waals surface area contributed by atoms with Gasteiger partial charge < -0.3 is 43.9 Å². The number of methoxy groups -OCH3 is 1. The average Bonchev–Trinajstić information content (AvgIpc) is 4.06. The number of aromatic hydroxyl groups is 1. The number of pyridine rings is 1. The van der Waals surface area contributed by atoms with Crippen LogP contribution in [0.5, 0.6) is 5.75 Å². The van der Waals surface area contributed by atoms with Crippen molar-refractivity contribution in [3.05, 3.63) is 101 Å². The molecule has 3 N–H and O–H groups in total. The van der Waals surface area contributed by atoms with Gasteiger partial charge in [0.05, 0.1) is 36.0 Å². The van der Waals surface area contributed by atoms with Crippen molar-refractivity contribution in [3.8, 4) is 28.1 Å². The number of anilines is 1. The Kier molecular flexibility index (Phi) is 15.6. The second-order valence-electron chi connectivity index (χ2n) is 23.3. The molecule has 16 heteroatoms. The molecule has 9 atom stereocenters. The maximum absolute atomic E-state index is 15.2. The average molecular weight is 1050 g/mol. The molecule has 3 saturated heterocycles. The van der Waals surface area contributed by atoms with Crippen molar-refractivity contribution in [2.75, 3.05) is 72.0 Å². The molecular weight excluding hydrogens is 973 g/mol. The van der Waals surface area contributed by atoms with Crippen molar-refractivity contribution < 1.29 is 38.5 Å². The molecular formula is C61H78N8O8. The Hall–Kier alpha value is -6.33. The first-order valence-electron chi connectivity index (χ1n) is 27.9. The molecule has 10 rings (SSSR count). The number of nitrogens with one attached hydrogen (secondary N) is 2. The Morgan fingerprint density at radius 1 is 1.00 bits per heavy atom. The van der Waals surface area contributed by atoms with Crippen molar-refractivity contribution >= 4 is 40.3 Å². The largest absolute Gasteiger partial charge is 0.508 e. The molecule has 1 unspecified atom stereocenters. The molecule has 1 saturated carbocycles. The monoisotopic (exact) mass is 1050 g/mol. The van der Waals surface area contributed by atoms with Crippen molar-refractivity contribution in [1.82, 2.24) is 35.1 Å². The van der Waals surface area contributed by atoms with Crippen LogP contribution < -0.4 is 15.6 Å². The number of ether oxygens (including phenoxy) is 3. The quantitative estimate of drug-likeness (QED) is 0.105. The van der Waals surface area contributed by atoms with Crippen LogP contribution in [0.4, 0.5) is 5.69 Å². The molecule has 2 aromatic heterocycles. The van der Waals surface area contributed by atoms with Crippen LogP contribution >= 0.6 is 0 Å². The number of phenols is 1. The molecule has 410 valence electrons. The number of carbonyl (C=O) groups excluding carboxylic acids is 4. The highest BCUT2D eigenvalue weighted by atomic mass is 16.5. The summed E-state index contributed by atoms with van der Waals surface area (Å²) in [5, 5.41) is 17.2. The summed E-state index contributed by atoms with van der Waals surface area (Å²) in [5.74, 6) is -2.03. The molecule has 4 aliphatic heterocycles. The lowest BCUT2D eigenvalue weighted by Crippen LogP contribution is -2.63. The van der Waals surface area contributed by atoms with E-state index in [1.807, 2.05) is 63.4 Å². The van der Waals surface area contributed by atoms with E-state index in [4.69, 9.17) is 19.2 Å². The zero-order valence-corrected chi connectivity index (χ0v) is 46.4. The predicted octanol–water partition coefficient (Wildman–Crippen LogP) is 7.51. The summed E-state index contributed by atoms with van der Waals surface area (Å²) in [4.78, 5) is 70.5. The van der Waals surface area contributed by atoms with Crippen molar-refractivity contribution in [3.63, 3.8) is 0 Å². The number of nitrogens with zero attached hydrogens (tertiary/aromatic N) is 6. The molecule has 0 spiro atoms. The summed E-state index contributed by atoms with van der Waals surface area (Å²) in [5.41, 5.74) is 11.9. The normalized spacial score (nSPS) is 24.8. The fourth-order valence-corrected chi connectivity index (χ4v) is 12.5. The van der Waals surface area contributed by atoms with Gasteiger partial charge in [-0.2, -0.15) is 0 Å². The number of fused-ring (bicyclic) bond motifs is 8. The van der Waals surface area contributed by atoms with Gasteiger partial charge in [-0.15, -0.1) is 0 Å². The molecule has 3 amide bonds. The number of hydrogen-bond donors (Lipinski definition) is 3. The Morgan fingerprint density at radius 3 is 2.49 bits per heavy atom. The van der Waals surface area contributed by atoms with Crippen LogP contribution in [0, 0.1) is 23.2 Å². The number of likely N-dealkylation sites (N-methyl/N-ethyl adjacent to an activating group) is 2. The summed E-state index contributed by atoms with van der Waals surface area (Å²) < 4.78 is 20.8. The number of cyclic esters (lactones) is 1. The number of hydrogen-bond acceptors (Lipinski definition) is 12. The number of hydrazine groups is 1. The number of benzene rings is 3. The van der Waals surface area contributed by atoms with E-state index in [2.05, 4.69) is 77.2 Å². The number of carbonyl (C=O) groups is 4. The summed E-state index contributed by atoms with van der Waals surface area (Å²) in [6.45, 7) is 17.5. The highest BCUT2D eigenvalue weighted by Gasteiger charge is 2.53. The van der Waals surface area contributed by atoms with Gasteiger partial charge in [-0.1, -0.05) is 76.6 Å². The maximum atomic E-state index is 15.2. The zero-order chi connectivity index (χ0) is 54.4. The van der Waals surface area contributed by atoms with Crippen LogP contribution in [-0.2, 0) is 52.8 Å². The van der Waals surface area contributed by atoms with E-state index >= 15 is 9.59 Å². The maximum Gasteiger partial charge on any atom is 0.325 e. The summed E-state index contributed by atoms with van der Waals surface area (Å²) >= 11 is 0. The molecule has 1 aliphatic carbocycles. The van der Waals surface area contributed by atoms with Gasteiger partial charge in [-0.05, 0) is 116 Å². The van der Waals surface area contributed by atoms with E-state index in [-0.39, 0.29) is 54.5 Å². The number of esters is 1. The number of amides is 3. The first-order valence-corrected chi connectivity index (χ1v) is 27.9. The number of phenolic OH excluding ortho intramolecular Hbond substituents is 1. The minimum absolute atomic E-state index is 0.00904. The first kappa shape index (κ1) is 54.0. The van der Waals surface area contributed by atoms with Gasteiger partial charge in [-0.3, -0.25) is 29.2 Å². The molecule has 0 radical (unpaired) electrons. The minimum Gasteiger partial charge on any atom is -0.508 e. The zero-order valence-electron chi connectivity index (χ0n) is 46.4. The molecule has 16 nitrogen and oxygen atoms in total. The van der Waals surface area contributed by atoms with Gasteiger partial charge in [0.2, 0.25) is 5.91 Å². The number of aromatic nitrogens is 2. The van der Waals surface area contributed by atoms with Gasteiger partial charge in [0.1, 0.15) is 30.0 Å². The fraction of sp³-hybridized carbons (Fsp3) is 0.525. The molecule has 3 aromatic carbocycles. The van der Waals surface area contributed by atoms with E-state index < -0.39 is 47.4 Å². The third kappa shape index (κ3) is 11.0. The Bertz CT molecular complexity index is 3010. The minimum atomic E-state index is -1.15.